The molecule has 0 saturated carbocycles. The van der Waals surface area contributed by atoms with Crippen LogP contribution in [0.1, 0.15) is 20.3 Å². The Bertz CT molecular complexity index is 285. The molecule has 0 fully saturated rings. The summed E-state index contributed by atoms with van der Waals surface area (Å²) in [6.07, 6.45) is 6.62. The molecule has 92 valence electrons. The van der Waals surface area contributed by atoms with Crippen LogP contribution in [0.5, 0.6) is 0 Å². The second-order valence-electron chi connectivity index (χ2n) is 4.55. The van der Waals surface area contributed by atoms with Gasteiger partial charge in [0.1, 0.15) is 10.8 Å². The van der Waals surface area contributed by atoms with Crippen LogP contribution in [-0.2, 0) is 4.74 Å². The summed E-state index contributed by atoms with van der Waals surface area (Å²) in [6.45, 7) is 4.80. The molecule has 2 atom stereocenters. The minimum absolute atomic E-state index is 0.482. The van der Waals surface area contributed by atoms with Gasteiger partial charge in [-0.05, 0) is 46.5 Å². The van der Waals surface area contributed by atoms with Crippen molar-refractivity contribution in [1.29, 1.82) is 0 Å². The van der Waals surface area contributed by atoms with Crippen molar-refractivity contribution in [3.8, 4) is 0 Å². The lowest BCUT2D eigenvalue weighted by Crippen LogP contribution is -2.32. The fourth-order valence-electron chi connectivity index (χ4n) is 1.24. The molecule has 16 heavy (non-hydrogen) atoms. The average molecular weight is 245 g/mol. The van der Waals surface area contributed by atoms with E-state index in [-0.39, 0.29) is 0 Å². The molecular formula is C12H21ClN2O. The maximum Gasteiger partial charge on any atom is 0.134 e. The van der Waals surface area contributed by atoms with Crippen molar-refractivity contribution in [1.82, 2.24) is 10.2 Å². The molecular weight excluding hydrogens is 224 g/mol. The lowest BCUT2D eigenvalue weighted by atomic mass is 10.2. The highest BCUT2D eigenvalue weighted by Gasteiger charge is 2.17. The fourth-order valence-corrected chi connectivity index (χ4v) is 1.36. The lowest BCUT2D eigenvalue weighted by Gasteiger charge is -2.24. The maximum atomic E-state index is 6.06. The Morgan fingerprint density at radius 3 is 2.75 bits per heavy atom. The zero-order chi connectivity index (χ0) is 12.2. The Kier molecular flexibility index (Phi) is 4.69. The standard InChI is InChI=1S/C12H21ClN2O/c1-10(15(3)4)6-8-16-11-5-7-12(2,13)14-9-11/h5,7,9-10,14H,6,8H2,1-4H3. The Morgan fingerprint density at radius 1 is 1.56 bits per heavy atom. The number of nitrogens with one attached hydrogen (secondary N) is 1. The number of dihydropyridines is 1. The van der Waals surface area contributed by atoms with Crippen LogP contribution < -0.4 is 5.32 Å². The molecule has 0 aromatic rings. The van der Waals surface area contributed by atoms with E-state index in [1.54, 1.807) is 0 Å². The quantitative estimate of drug-likeness (QED) is 0.593. The predicted octanol–water partition coefficient (Wildman–Crippen LogP) is 2.30. The smallest absolute Gasteiger partial charge is 0.134 e. The van der Waals surface area contributed by atoms with E-state index in [1.807, 2.05) is 25.3 Å². The molecule has 0 saturated heterocycles. The number of ether oxygens (including phenoxy) is 1. The summed E-state index contributed by atoms with van der Waals surface area (Å²) in [7, 11) is 4.15. The summed E-state index contributed by atoms with van der Waals surface area (Å²) in [5.74, 6) is 0.837. The van der Waals surface area contributed by atoms with E-state index in [0.29, 0.717) is 6.04 Å². The van der Waals surface area contributed by atoms with Gasteiger partial charge in [0.05, 0.1) is 6.61 Å². The van der Waals surface area contributed by atoms with Gasteiger partial charge in [-0.3, -0.25) is 0 Å². The molecule has 2 unspecified atom stereocenters. The third-order valence-electron chi connectivity index (χ3n) is 2.74. The van der Waals surface area contributed by atoms with Gasteiger partial charge in [0.25, 0.3) is 0 Å². The molecule has 0 aliphatic carbocycles. The van der Waals surface area contributed by atoms with Crippen LogP contribution in [0.2, 0.25) is 0 Å². The minimum Gasteiger partial charge on any atom is -0.492 e. The molecule has 0 bridgehead atoms. The highest BCUT2D eigenvalue weighted by Crippen LogP contribution is 2.18. The largest absolute Gasteiger partial charge is 0.492 e. The van der Waals surface area contributed by atoms with Gasteiger partial charge in [-0.1, -0.05) is 11.6 Å². The summed E-state index contributed by atoms with van der Waals surface area (Å²) < 4.78 is 5.62. The van der Waals surface area contributed by atoms with Crippen LogP contribution in [0.15, 0.2) is 24.1 Å². The van der Waals surface area contributed by atoms with Gasteiger partial charge in [0.15, 0.2) is 0 Å². The molecule has 0 aromatic heterocycles. The molecule has 1 aliphatic heterocycles. The fraction of sp³-hybridized carbons (Fsp3) is 0.667. The van der Waals surface area contributed by atoms with Gasteiger partial charge >= 0.3 is 0 Å². The number of nitrogens with zero attached hydrogens (tertiary/aromatic N) is 1. The van der Waals surface area contributed by atoms with Crippen LogP contribution >= 0.6 is 11.6 Å². The summed E-state index contributed by atoms with van der Waals surface area (Å²) in [5, 5.41) is 3.05. The number of hydrogen-bond donors (Lipinski definition) is 1. The third kappa shape index (κ3) is 4.45. The minimum atomic E-state index is -0.482. The first kappa shape index (κ1) is 13.4. The van der Waals surface area contributed by atoms with Crippen molar-refractivity contribution in [3.05, 3.63) is 24.1 Å². The molecule has 1 rings (SSSR count). The molecule has 1 heterocycles. The van der Waals surface area contributed by atoms with E-state index < -0.39 is 5.00 Å². The SMILES string of the molecule is CC(CCOC1=CNC(C)(Cl)C=C1)N(C)C. The van der Waals surface area contributed by atoms with E-state index in [2.05, 4.69) is 31.2 Å². The van der Waals surface area contributed by atoms with Gasteiger partial charge in [0.2, 0.25) is 0 Å². The zero-order valence-corrected chi connectivity index (χ0v) is 11.2. The van der Waals surface area contributed by atoms with Crippen LogP contribution in [0.3, 0.4) is 0 Å². The van der Waals surface area contributed by atoms with Gasteiger partial charge in [-0.15, -0.1) is 0 Å². The third-order valence-corrected chi connectivity index (χ3v) is 2.98. The summed E-state index contributed by atoms with van der Waals surface area (Å²) in [6, 6.07) is 0.527. The topological polar surface area (TPSA) is 24.5 Å². The second kappa shape index (κ2) is 5.60. The molecule has 1 aliphatic rings. The lowest BCUT2D eigenvalue weighted by molar-refractivity contribution is 0.179. The number of alkyl halides is 1. The molecule has 3 nitrogen and oxygen atoms in total. The molecule has 1 N–H and O–H groups in total. The number of allylic oxidation sites excluding steroid dienone is 1. The Labute approximate surface area is 103 Å². The first-order valence-corrected chi connectivity index (χ1v) is 5.94. The second-order valence-corrected chi connectivity index (χ2v) is 5.33. The summed E-state index contributed by atoms with van der Waals surface area (Å²) in [4.78, 5) is 1.70. The van der Waals surface area contributed by atoms with Crippen molar-refractivity contribution in [2.75, 3.05) is 20.7 Å². The van der Waals surface area contributed by atoms with Crippen LogP contribution in [-0.4, -0.2) is 36.6 Å². The Balaban J connectivity index is 2.26. The molecule has 0 aromatic carbocycles. The van der Waals surface area contributed by atoms with Crippen molar-refractivity contribution in [3.63, 3.8) is 0 Å². The van der Waals surface area contributed by atoms with Gasteiger partial charge in [-0.25, -0.2) is 0 Å². The first-order chi connectivity index (χ1) is 7.41. The first-order valence-electron chi connectivity index (χ1n) is 5.56. The number of hydrogen-bond acceptors (Lipinski definition) is 3. The van der Waals surface area contributed by atoms with Gasteiger partial charge in [0, 0.05) is 12.2 Å². The molecule has 4 heteroatoms. The van der Waals surface area contributed by atoms with E-state index in [9.17, 15) is 0 Å². The van der Waals surface area contributed by atoms with Crippen molar-refractivity contribution >= 4 is 11.6 Å². The van der Waals surface area contributed by atoms with Gasteiger partial charge < -0.3 is 15.0 Å². The van der Waals surface area contributed by atoms with E-state index in [4.69, 9.17) is 16.3 Å². The Morgan fingerprint density at radius 2 is 2.25 bits per heavy atom. The normalized spacial score (nSPS) is 26.2. The number of halogens is 1. The Hall–Kier alpha value is -0.670. The van der Waals surface area contributed by atoms with Crippen molar-refractivity contribution in [2.45, 2.75) is 31.3 Å². The zero-order valence-electron chi connectivity index (χ0n) is 10.5. The maximum absolute atomic E-state index is 6.06. The molecule has 0 spiro atoms. The molecule has 0 radical (unpaired) electrons. The predicted molar refractivity (Wildman–Crippen MR) is 68.3 cm³/mol. The number of rotatable bonds is 5. The van der Waals surface area contributed by atoms with Crippen LogP contribution in [0.4, 0.5) is 0 Å². The molecule has 0 amide bonds. The summed E-state index contributed by atoms with van der Waals surface area (Å²) >= 11 is 6.06. The van der Waals surface area contributed by atoms with E-state index in [1.165, 1.54) is 0 Å². The van der Waals surface area contributed by atoms with Crippen molar-refractivity contribution in [2.24, 2.45) is 0 Å². The van der Waals surface area contributed by atoms with Gasteiger partial charge in [-0.2, -0.15) is 0 Å². The highest BCUT2D eigenvalue weighted by molar-refractivity contribution is 6.24. The van der Waals surface area contributed by atoms with E-state index in [0.717, 1.165) is 18.8 Å². The van der Waals surface area contributed by atoms with Crippen molar-refractivity contribution < 1.29 is 4.74 Å². The van der Waals surface area contributed by atoms with Crippen LogP contribution in [0.25, 0.3) is 0 Å². The van der Waals surface area contributed by atoms with Crippen LogP contribution in [0, 0.1) is 0 Å². The van der Waals surface area contributed by atoms with E-state index >= 15 is 0 Å². The summed E-state index contributed by atoms with van der Waals surface area (Å²) in [5.41, 5.74) is 0. The average Bonchev–Trinajstić information content (AvgIpc) is 2.20. The monoisotopic (exact) mass is 244 g/mol. The highest BCUT2D eigenvalue weighted by atomic mass is 35.5.